The highest BCUT2D eigenvalue weighted by Gasteiger charge is 2.30. The van der Waals surface area contributed by atoms with Gasteiger partial charge in [-0.05, 0) is 36.4 Å². The fraction of sp³-hybridized carbons (Fsp3) is 0.812. The molecule has 2 rings (SSSR count). The molecule has 5 nitrogen and oxygen atoms in total. The predicted octanol–water partition coefficient (Wildman–Crippen LogP) is 3.26. The molecule has 1 N–H and O–H groups in total. The van der Waals surface area contributed by atoms with E-state index in [1.165, 1.54) is 0 Å². The van der Waals surface area contributed by atoms with Crippen LogP contribution >= 0.6 is 12.2 Å². The van der Waals surface area contributed by atoms with E-state index in [2.05, 4.69) is 37.9 Å². The van der Waals surface area contributed by atoms with Crippen LogP contribution in [0.2, 0.25) is 0 Å². The molecule has 1 saturated heterocycles. The van der Waals surface area contributed by atoms with Crippen molar-refractivity contribution in [1.82, 2.24) is 19.7 Å². The van der Waals surface area contributed by atoms with E-state index in [1.807, 2.05) is 16.5 Å². The van der Waals surface area contributed by atoms with Crippen LogP contribution in [-0.2, 0) is 11.8 Å². The number of H-pyrrole nitrogens is 1. The van der Waals surface area contributed by atoms with Crippen molar-refractivity contribution in [3.05, 3.63) is 10.6 Å². The van der Waals surface area contributed by atoms with Gasteiger partial charge in [0.15, 0.2) is 4.77 Å². The summed E-state index contributed by atoms with van der Waals surface area (Å²) < 4.78 is 2.56. The Morgan fingerprint density at radius 1 is 1.50 bits per heavy atom. The largest absolute Gasteiger partial charge is 0.342 e. The van der Waals surface area contributed by atoms with Crippen molar-refractivity contribution >= 4 is 18.1 Å². The zero-order valence-corrected chi connectivity index (χ0v) is 15.2. The minimum absolute atomic E-state index is 0.163. The standard InChI is InChI=1S/C16H28N4OS/c1-11(16(2,3)4)9-13(21)20-8-6-7-12(10-20)14-17-18-15(22)19(14)5/h11-12H,6-10H2,1-5H3,(H,18,22). The lowest BCUT2D eigenvalue weighted by molar-refractivity contribution is -0.134. The molecule has 1 aliphatic heterocycles. The number of amides is 1. The Morgan fingerprint density at radius 2 is 2.18 bits per heavy atom. The predicted molar refractivity (Wildman–Crippen MR) is 90.2 cm³/mol. The number of rotatable bonds is 3. The number of hydrogen-bond donors (Lipinski definition) is 1. The summed E-state index contributed by atoms with van der Waals surface area (Å²) in [7, 11) is 1.93. The van der Waals surface area contributed by atoms with E-state index >= 15 is 0 Å². The quantitative estimate of drug-likeness (QED) is 0.868. The summed E-state index contributed by atoms with van der Waals surface area (Å²) in [5.41, 5.74) is 0.163. The first kappa shape index (κ1) is 17.2. The van der Waals surface area contributed by atoms with Crippen molar-refractivity contribution < 1.29 is 4.79 Å². The molecule has 6 heteroatoms. The molecule has 0 saturated carbocycles. The van der Waals surface area contributed by atoms with E-state index in [9.17, 15) is 4.79 Å². The molecule has 1 fully saturated rings. The van der Waals surface area contributed by atoms with Gasteiger partial charge < -0.3 is 9.47 Å². The molecule has 2 heterocycles. The third-order valence-corrected chi connectivity index (χ3v) is 5.38. The van der Waals surface area contributed by atoms with Crippen LogP contribution in [0.25, 0.3) is 0 Å². The maximum absolute atomic E-state index is 12.6. The summed E-state index contributed by atoms with van der Waals surface area (Å²) in [6.45, 7) is 10.4. The highest BCUT2D eigenvalue weighted by atomic mass is 32.1. The average molecular weight is 324 g/mol. The molecule has 0 spiro atoms. The van der Waals surface area contributed by atoms with E-state index < -0.39 is 0 Å². The van der Waals surface area contributed by atoms with Crippen molar-refractivity contribution in [1.29, 1.82) is 0 Å². The van der Waals surface area contributed by atoms with E-state index in [1.54, 1.807) is 0 Å². The summed E-state index contributed by atoms with van der Waals surface area (Å²) >= 11 is 5.19. The lowest BCUT2D eigenvalue weighted by atomic mass is 9.80. The van der Waals surface area contributed by atoms with Crippen LogP contribution in [0.15, 0.2) is 0 Å². The Labute approximate surface area is 138 Å². The summed E-state index contributed by atoms with van der Waals surface area (Å²) in [6.07, 6.45) is 2.71. The van der Waals surface area contributed by atoms with E-state index in [0.29, 0.717) is 17.1 Å². The molecule has 1 aliphatic rings. The SMILES string of the molecule is CC(CC(=O)N1CCCC(c2n[nH]c(=S)n2C)C1)C(C)(C)C. The molecule has 1 aromatic rings. The Balaban J connectivity index is 2.03. The van der Waals surface area contributed by atoms with Gasteiger partial charge in [0.1, 0.15) is 5.82 Å². The average Bonchev–Trinajstić information content (AvgIpc) is 2.78. The van der Waals surface area contributed by atoms with Gasteiger partial charge in [0.05, 0.1) is 0 Å². The minimum atomic E-state index is 0.163. The van der Waals surface area contributed by atoms with Gasteiger partial charge in [-0.15, -0.1) is 0 Å². The fourth-order valence-electron chi connectivity index (χ4n) is 2.84. The van der Waals surface area contributed by atoms with Gasteiger partial charge in [0, 0.05) is 32.5 Å². The maximum atomic E-state index is 12.6. The number of nitrogens with zero attached hydrogens (tertiary/aromatic N) is 3. The van der Waals surface area contributed by atoms with Gasteiger partial charge >= 0.3 is 0 Å². The first-order valence-corrected chi connectivity index (χ1v) is 8.50. The molecule has 0 aliphatic carbocycles. The van der Waals surface area contributed by atoms with Gasteiger partial charge in [-0.25, -0.2) is 0 Å². The van der Waals surface area contributed by atoms with Gasteiger partial charge in [-0.2, -0.15) is 5.10 Å². The Hall–Kier alpha value is -1.17. The van der Waals surface area contributed by atoms with E-state index in [-0.39, 0.29) is 17.2 Å². The van der Waals surface area contributed by atoms with E-state index in [0.717, 1.165) is 31.8 Å². The topological polar surface area (TPSA) is 53.9 Å². The van der Waals surface area contributed by atoms with Gasteiger partial charge in [0.25, 0.3) is 0 Å². The normalized spacial score (nSPS) is 21.0. The molecule has 2 atom stereocenters. The zero-order valence-electron chi connectivity index (χ0n) is 14.3. The highest BCUT2D eigenvalue weighted by molar-refractivity contribution is 7.71. The van der Waals surface area contributed by atoms with Crippen LogP contribution < -0.4 is 0 Å². The lowest BCUT2D eigenvalue weighted by Gasteiger charge is -2.34. The van der Waals surface area contributed by atoms with Crippen molar-refractivity contribution in [3.63, 3.8) is 0 Å². The number of aromatic nitrogens is 3. The first-order valence-electron chi connectivity index (χ1n) is 8.09. The first-order chi connectivity index (χ1) is 10.2. The van der Waals surface area contributed by atoms with Crippen molar-refractivity contribution in [2.75, 3.05) is 13.1 Å². The number of likely N-dealkylation sites (tertiary alicyclic amines) is 1. The number of carbonyl (C=O) groups is 1. The van der Waals surface area contributed by atoms with Crippen LogP contribution in [0.4, 0.5) is 0 Å². The molecule has 22 heavy (non-hydrogen) atoms. The zero-order chi connectivity index (χ0) is 16.5. The Bertz CT molecular complexity index is 584. The van der Waals surface area contributed by atoms with Crippen LogP contribution in [0.3, 0.4) is 0 Å². The third-order valence-electron chi connectivity index (χ3n) is 5.01. The number of piperidine rings is 1. The molecule has 124 valence electrons. The number of nitrogens with one attached hydrogen (secondary N) is 1. The molecule has 1 aromatic heterocycles. The highest BCUT2D eigenvalue weighted by Crippen LogP contribution is 2.30. The third kappa shape index (κ3) is 3.77. The minimum Gasteiger partial charge on any atom is -0.342 e. The Kier molecular flexibility index (Phi) is 5.10. The number of carbonyl (C=O) groups excluding carboxylic acids is 1. The molecular formula is C16H28N4OS. The van der Waals surface area contributed by atoms with Gasteiger partial charge in [-0.3, -0.25) is 9.89 Å². The molecule has 1 amide bonds. The molecular weight excluding hydrogens is 296 g/mol. The van der Waals surface area contributed by atoms with Crippen LogP contribution in [-0.4, -0.2) is 38.7 Å². The van der Waals surface area contributed by atoms with Crippen molar-refractivity contribution in [2.24, 2.45) is 18.4 Å². The molecule has 0 bridgehead atoms. The fourth-order valence-corrected chi connectivity index (χ4v) is 2.98. The van der Waals surface area contributed by atoms with Crippen LogP contribution in [0.1, 0.15) is 58.7 Å². The number of hydrogen-bond acceptors (Lipinski definition) is 3. The second-order valence-electron chi connectivity index (χ2n) is 7.60. The summed E-state index contributed by atoms with van der Waals surface area (Å²) in [5.74, 6) is 1.89. The second kappa shape index (κ2) is 6.52. The second-order valence-corrected chi connectivity index (χ2v) is 7.98. The van der Waals surface area contributed by atoms with E-state index in [4.69, 9.17) is 12.2 Å². The van der Waals surface area contributed by atoms with Gasteiger partial charge in [0.2, 0.25) is 5.91 Å². The van der Waals surface area contributed by atoms with Crippen molar-refractivity contribution in [2.45, 2.75) is 52.9 Å². The van der Waals surface area contributed by atoms with Crippen molar-refractivity contribution in [3.8, 4) is 0 Å². The monoisotopic (exact) mass is 324 g/mol. The molecule has 0 radical (unpaired) electrons. The number of aromatic amines is 1. The lowest BCUT2D eigenvalue weighted by Crippen LogP contribution is -2.41. The summed E-state index contributed by atoms with van der Waals surface area (Å²) in [4.78, 5) is 14.6. The molecule has 0 aromatic carbocycles. The van der Waals surface area contributed by atoms with Crippen LogP contribution in [0.5, 0.6) is 0 Å². The molecule has 2 unspecified atom stereocenters. The summed E-state index contributed by atoms with van der Waals surface area (Å²) in [5, 5.41) is 7.18. The van der Waals surface area contributed by atoms with Crippen LogP contribution in [0, 0.1) is 16.1 Å². The Morgan fingerprint density at radius 3 is 2.73 bits per heavy atom. The summed E-state index contributed by atoms with van der Waals surface area (Å²) in [6, 6.07) is 0. The van der Waals surface area contributed by atoms with Gasteiger partial charge in [-0.1, -0.05) is 27.7 Å². The smallest absolute Gasteiger partial charge is 0.222 e. The maximum Gasteiger partial charge on any atom is 0.222 e.